The van der Waals surface area contributed by atoms with Gasteiger partial charge < -0.3 is 5.32 Å². The predicted molar refractivity (Wildman–Crippen MR) is 72.7 cm³/mol. The Bertz CT molecular complexity index is 346. The summed E-state index contributed by atoms with van der Waals surface area (Å²) in [5.74, 6) is 2.30. The van der Waals surface area contributed by atoms with Gasteiger partial charge in [-0.25, -0.2) is 4.98 Å². The Morgan fingerprint density at radius 3 is 2.76 bits per heavy atom. The summed E-state index contributed by atoms with van der Waals surface area (Å²) < 4.78 is 4.51. The molecule has 0 radical (unpaired) electrons. The van der Waals surface area contributed by atoms with Crippen molar-refractivity contribution in [2.24, 2.45) is 0 Å². The van der Waals surface area contributed by atoms with Crippen molar-refractivity contribution in [3.8, 4) is 0 Å². The second-order valence-electron chi connectivity index (χ2n) is 5.02. The lowest BCUT2D eigenvalue weighted by molar-refractivity contribution is 0.448. The highest BCUT2D eigenvalue weighted by Gasteiger charge is 2.29. The molecule has 1 aromatic heterocycles. The quantitative estimate of drug-likeness (QED) is 0.810. The smallest absolute Gasteiger partial charge is 0.145 e. The molecule has 2 rings (SSSR count). The standard InChI is InChI=1S/C13H23N3S/c1-4-8-14-9(3)11(5-2)13-15-12(16-17-13)10-6-7-10/h9-11,14H,4-8H2,1-3H3. The average Bonchev–Trinajstić information content (AvgIpc) is 3.08. The number of aromatic nitrogens is 2. The van der Waals surface area contributed by atoms with Crippen LogP contribution in [0.5, 0.6) is 0 Å². The van der Waals surface area contributed by atoms with Crippen LogP contribution in [0.4, 0.5) is 0 Å². The molecule has 3 nitrogen and oxygen atoms in total. The van der Waals surface area contributed by atoms with Crippen molar-refractivity contribution < 1.29 is 0 Å². The monoisotopic (exact) mass is 253 g/mol. The van der Waals surface area contributed by atoms with Crippen LogP contribution in [0.3, 0.4) is 0 Å². The minimum absolute atomic E-state index is 0.500. The van der Waals surface area contributed by atoms with Gasteiger partial charge in [0.2, 0.25) is 0 Å². The maximum absolute atomic E-state index is 4.74. The van der Waals surface area contributed by atoms with Gasteiger partial charge in [-0.1, -0.05) is 13.8 Å². The van der Waals surface area contributed by atoms with Crippen LogP contribution in [0.1, 0.15) is 69.1 Å². The lowest BCUT2D eigenvalue weighted by atomic mass is 9.99. The first-order chi connectivity index (χ1) is 8.26. The van der Waals surface area contributed by atoms with Crippen LogP contribution in [0.25, 0.3) is 0 Å². The predicted octanol–water partition coefficient (Wildman–Crippen LogP) is 3.30. The molecule has 1 N–H and O–H groups in total. The van der Waals surface area contributed by atoms with Crippen LogP contribution in [0.15, 0.2) is 0 Å². The zero-order valence-corrected chi connectivity index (χ0v) is 11.9. The van der Waals surface area contributed by atoms with Crippen LogP contribution in [-0.4, -0.2) is 21.9 Å². The molecular formula is C13H23N3S. The zero-order chi connectivity index (χ0) is 12.3. The van der Waals surface area contributed by atoms with Gasteiger partial charge in [-0.2, -0.15) is 4.37 Å². The Kier molecular flexibility index (Phi) is 4.51. The van der Waals surface area contributed by atoms with Crippen molar-refractivity contribution in [1.29, 1.82) is 0 Å². The third kappa shape index (κ3) is 3.26. The molecule has 2 atom stereocenters. The minimum atomic E-state index is 0.500. The van der Waals surface area contributed by atoms with Gasteiger partial charge in [0.1, 0.15) is 10.8 Å². The second-order valence-corrected chi connectivity index (χ2v) is 5.81. The summed E-state index contributed by atoms with van der Waals surface area (Å²) in [7, 11) is 0. The Morgan fingerprint density at radius 1 is 1.41 bits per heavy atom. The molecule has 0 spiro atoms. The van der Waals surface area contributed by atoms with E-state index in [0.717, 1.165) is 18.8 Å². The molecule has 0 aromatic carbocycles. The van der Waals surface area contributed by atoms with Crippen molar-refractivity contribution in [2.45, 2.75) is 64.3 Å². The zero-order valence-electron chi connectivity index (χ0n) is 11.1. The van der Waals surface area contributed by atoms with Crippen molar-refractivity contribution in [3.05, 3.63) is 10.8 Å². The first-order valence-corrected chi connectivity index (χ1v) is 7.60. The van der Waals surface area contributed by atoms with Gasteiger partial charge in [0, 0.05) is 17.9 Å². The van der Waals surface area contributed by atoms with Gasteiger partial charge >= 0.3 is 0 Å². The molecule has 0 amide bonds. The third-order valence-electron chi connectivity index (χ3n) is 3.48. The number of nitrogens with zero attached hydrogens (tertiary/aromatic N) is 2. The number of rotatable bonds is 7. The van der Waals surface area contributed by atoms with E-state index in [2.05, 4.69) is 30.5 Å². The first-order valence-electron chi connectivity index (χ1n) is 6.83. The van der Waals surface area contributed by atoms with Gasteiger partial charge in [-0.05, 0) is 50.7 Å². The Morgan fingerprint density at radius 2 is 2.18 bits per heavy atom. The van der Waals surface area contributed by atoms with E-state index < -0.39 is 0 Å². The lowest BCUT2D eigenvalue weighted by Gasteiger charge is -2.21. The fourth-order valence-corrected chi connectivity index (χ4v) is 3.18. The molecule has 0 saturated heterocycles. The summed E-state index contributed by atoms with van der Waals surface area (Å²) in [4.78, 5) is 4.74. The highest BCUT2D eigenvalue weighted by atomic mass is 32.1. The van der Waals surface area contributed by atoms with Crippen molar-refractivity contribution in [2.75, 3.05) is 6.54 Å². The van der Waals surface area contributed by atoms with Crippen LogP contribution >= 0.6 is 11.5 Å². The summed E-state index contributed by atoms with van der Waals surface area (Å²) in [6.07, 6.45) is 4.90. The summed E-state index contributed by atoms with van der Waals surface area (Å²) in [5.41, 5.74) is 0. The van der Waals surface area contributed by atoms with E-state index in [1.807, 2.05) is 0 Å². The Balaban J connectivity index is 1.99. The number of nitrogens with one attached hydrogen (secondary N) is 1. The van der Waals surface area contributed by atoms with E-state index in [-0.39, 0.29) is 0 Å². The molecule has 0 aliphatic heterocycles. The van der Waals surface area contributed by atoms with Gasteiger partial charge in [0.05, 0.1) is 0 Å². The van der Waals surface area contributed by atoms with Crippen LogP contribution in [0, 0.1) is 0 Å². The fraction of sp³-hybridized carbons (Fsp3) is 0.846. The molecule has 2 unspecified atom stereocenters. The molecule has 1 aromatic rings. The van der Waals surface area contributed by atoms with Gasteiger partial charge in [-0.3, -0.25) is 0 Å². The maximum Gasteiger partial charge on any atom is 0.145 e. The van der Waals surface area contributed by atoms with Gasteiger partial charge in [0.25, 0.3) is 0 Å². The molecule has 1 fully saturated rings. The van der Waals surface area contributed by atoms with Crippen LogP contribution in [-0.2, 0) is 0 Å². The Labute approximate surface area is 108 Å². The molecular weight excluding hydrogens is 230 g/mol. The molecule has 1 heterocycles. The van der Waals surface area contributed by atoms with E-state index >= 15 is 0 Å². The van der Waals surface area contributed by atoms with E-state index in [4.69, 9.17) is 4.98 Å². The average molecular weight is 253 g/mol. The lowest BCUT2D eigenvalue weighted by Crippen LogP contribution is -2.32. The van der Waals surface area contributed by atoms with Crippen molar-refractivity contribution in [1.82, 2.24) is 14.7 Å². The second kappa shape index (κ2) is 5.91. The summed E-state index contributed by atoms with van der Waals surface area (Å²) >= 11 is 1.61. The molecule has 1 aliphatic rings. The molecule has 4 heteroatoms. The molecule has 17 heavy (non-hydrogen) atoms. The molecule has 1 aliphatic carbocycles. The first kappa shape index (κ1) is 13.0. The van der Waals surface area contributed by atoms with Gasteiger partial charge in [0.15, 0.2) is 0 Å². The van der Waals surface area contributed by atoms with Gasteiger partial charge in [-0.15, -0.1) is 0 Å². The minimum Gasteiger partial charge on any atom is -0.314 e. The normalized spacial score (nSPS) is 19.2. The van der Waals surface area contributed by atoms with E-state index in [1.54, 1.807) is 11.5 Å². The maximum atomic E-state index is 4.74. The summed E-state index contributed by atoms with van der Waals surface area (Å²) in [5, 5.41) is 4.80. The highest BCUT2D eigenvalue weighted by Crippen LogP contribution is 2.39. The summed E-state index contributed by atoms with van der Waals surface area (Å²) in [6.45, 7) is 7.80. The van der Waals surface area contributed by atoms with E-state index in [0.29, 0.717) is 17.9 Å². The van der Waals surface area contributed by atoms with E-state index in [9.17, 15) is 0 Å². The third-order valence-corrected chi connectivity index (χ3v) is 4.34. The molecule has 0 bridgehead atoms. The Hall–Kier alpha value is -0.480. The molecule has 96 valence electrons. The highest BCUT2D eigenvalue weighted by molar-refractivity contribution is 7.05. The van der Waals surface area contributed by atoms with Crippen LogP contribution < -0.4 is 5.32 Å². The summed E-state index contributed by atoms with van der Waals surface area (Å²) in [6, 6.07) is 0.500. The SMILES string of the molecule is CCCNC(C)C(CC)c1nc(C2CC2)ns1. The van der Waals surface area contributed by atoms with Crippen LogP contribution in [0.2, 0.25) is 0 Å². The molecule has 1 saturated carbocycles. The topological polar surface area (TPSA) is 37.8 Å². The number of hydrogen-bond acceptors (Lipinski definition) is 4. The van der Waals surface area contributed by atoms with E-state index in [1.165, 1.54) is 24.3 Å². The van der Waals surface area contributed by atoms with Crippen molar-refractivity contribution >= 4 is 11.5 Å². The van der Waals surface area contributed by atoms with Crippen molar-refractivity contribution in [3.63, 3.8) is 0 Å². The largest absolute Gasteiger partial charge is 0.314 e. The fourth-order valence-electron chi connectivity index (χ4n) is 2.16. The number of hydrogen-bond donors (Lipinski definition) is 1.